The van der Waals surface area contributed by atoms with Gasteiger partial charge >= 0.3 is 0 Å². The lowest BCUT2D eigenvalue weighted by Gasteiger charge is -2.15. The van der Waals surface area contributed by atoms with Gasteiger partial charge < -0.3 is 20.1 Å². The van der Waals surface area contributed by atoms with Gasteiger partial charge in [-0.25, -0.2) is 9.97 Å². The van der Waals surface area contributed by atoms with Crippen molar-refractivity contribution in [3.8, 4) is 0 Å². The first-order valence-electron chi connectivity index (χ1n) is 6.55. The van der Waals surface area contributed by atoms with Crippen LogP contribution in [0, 0.1) is 0 Å². The topological polar surface area (TPSA) is 68.3 Å². The minimum absolute atomic E-state index is 0.291. The Bertz CT molecular complexity index is 349. The monoisotopic (exact) mass is 268 g/mol. The van der Waals surface area contributed by atoms with Crippen molar-refractivity contribution in [3.05, 3.63) is 11.9 Å². The van der Waals surface area contributed by atoms with Crippen LogP contribution in [0.3, 0.4) is 0 Å². The molecule has 0 fully saturated rings. The molecule has 0 saturated carbocycles. The molecule has 0 aromatic carbocycles. The van der Waals surface area contributed by atoms with Crippen molar-refractivity contribution < 1.29 is 9.47 Å². The molecule has 1 aromatic heterocycles. The van der Waals surface area contributed by atoms with Crippen LogP contribution in [0.4, 0.5) is 11.6 Å². The molecule has 0 amide bonds. The summed E-state index contributed by atoms with van der Waals surface area (Å²) >= 11 is 0. The van der Waals surface area contributed by atoms with E-state index in [1.807, 2.05) is 13.0 Å². The van der Waals surface area contributed by atoms with Gasteiger partial charge in [0.2, 0.25) is 0 Å². The van der Waals surface area contributed by atoms with E-state index in [4.69, 9.17) is 9.47 Å². The molecule has 0 aliphatic rings. The molecule has 1 unspecified atom stereocenters. The number of aromatic nitrogens is 2. The third kappa shape index (κ3) is 5.85. The van der Waals surface area contributed by atoms with Gasteiger partial charge in [-0.2, -0.15) is 0 Å². The van der Waals surface area contributed by atoms with E-state index in [-0.39, 0.29) is 0 Å². The van der Waals surface area contributed by atoms with Crippen LogP contribution in [0.1, 0.15) is 26.1 Å². The van der Waals surface area contributed by atoms with Crippen LogP contribution in [-0.2, 0) is 16.1 Å². The van der Waals surface area contributed by atoms with Crippen molar-refractivity contribution in [1.82, 2.24) is 9.97 Å². The summed E-state index contributed by atoms with van der Waals surface area (Å²) < 4.78 is 10.2. The van der Waals surface area contributed by atoms with Crippen LogP contribution in [0.25, 0.3) is 0 Å². The lowest BCUT2D eigenvalue weighted by atomic mass is 10.2. The largest absolute Gasteiger partial charge is 0.385 e. The standard InChI is InChI=1S/C13H24N4O2/c1-5-14-11-8-12(15-10(2)6-7-18-3)17-13(16-11)9-19-4/h8,10H,5-7,9H2,1-4H3,(H2,14,15,16,17). The van der Waals surface area contributed by atoms with Gasteiger partial charge in [-0.1, -0.05) is 0 Å². The Labute approximate surface area is 114 Å². The summed E-state index contributed by atoms with van der Waals surface area (Å²) in [6, 6.07) is 2.20. The molecule has 6 nitrogen and oxygen atoms in total. The molecule has 0 aliphatic heterocycles. The highest BCUT2D eigenvalue weighted by molar-refractivity contribution is 5.47. The average molecular weight is 268 g/mol. The van der Waals surface area contributed by atoms with Crippen LogP contribution >= 0.6 is 0 Å². The molecule has 19 heavy (non-hydrogen) atoms. The van der Waals surface area contributed by atoms with Crippen molar-refractivity contribution in [3.63, 3.8) is 0 Å². The summed E-state index contributed by atoms with van der Waals surface area (Å²) in [7, 11) is 3.34. The van der Waals surface area contributed by atoms with E-state index in [9.17, 15) is 0 Å². The first-order valence-corrected chi connectivity index (χ1v) is 6.55. The van der Waals surface area contributed by atoms with E-state index in [1.165, 1.54) is 0 Å². The van der Waals surface area contributed by atoms with Crippen LogP contribution in [-0.4, -0.2) is 43.4 Å². The number of hydrogen-bond donors (Lipinski definition) is 2. The van der Waals surface area contributed by atoms with Gasteiger partial charge in [0.1, 0.15) is 18.2 Å². The Hall–Kier alpha value is -1.40. The van der Waals surface area contributed by atoms with Gasteiger partial charge in [-0.3, -0.25) is 0 Å². The number of methoxy groups -OCH3 is 2. The Kier molecular flexibility index (Phi) is 7.14. The zero-order valence-electron chi connectivity index (χ0n) is 12.2. The van der Waals surface area contributed by atoms with Crippen molar-refractivity contribution >= 4 is 11.6 Å². The van der Waals surface area contributed by atoms with Gasteiger partial charge in [-0.05, 0) is 20.3 Å². The smallest absolute Gasteiger partial charge is 0.158 e. The van der Waals surface area contributed by atoms with Gasteiger partial charge in [-0.15, -0.1) is 0 Å². The third-order valence-corrected chi connectivity index (χ3v) is 2.55. The molecule has 108 valence electrons. The molecular weight excluding hydrogens is 244 g/mol. The summed E-state index contributed by atoms with van der Waals surface area (Å²) in [6.07, 6.45) is 0.927. The second-order valence-electron chi connectivity index (χ2n) is 4.34. The second kappa shape index (κ2) is 8.66. The summed E-state index contributed by atoms with van der Waals surface area (Å²) in [5.74, 6) is 2.29. The van der Waals surface area contributed by atoms with Crippen LogP contribution in [0.5, 0.6) is 0 Å². The number of ether oxygens (including phenoxy) is 2. The zero-order chi connectivity index (χ0) is 14.1. The molecular formula is C13H24N4O2. The van der Waals surface area contributed by atoms with Gasteiger partial charge in [0.25, 0.3) is 0 Å². The summed E-state index contributed by atoms with van der Waals surface area (Å²) in [6.45, 7) is 6.09. The van der Waals surface area contributed by atoms with Crippen molar-refractivity contribution in [2.24, 2.45) is 0 Å². The molecule has 1 rings (SSSR count). The van der Waals surface area contributed by atoms with E-state index >= 15 is 0 Å². The molecule has 0 aliphatic carbocycles. The highest BCUT2D eigenvalue weighted by Crippen LogP contribution is 2.13. The Morgan fingerprint density at radius 2 is 1.95 bits per heavy atom. The quantitative estimate of drug-likeness (QED) is 0.713. The van der Waals surface area contributed by atoms with Crippen molar-refractivity contribution in [2.45, 2.75) is 32.9 Å². The Balaban J connectivity index is 2.74. The van der Waals surface area contributed by atoms with Gasteiger partial charge in [0, 0.05) is 39.5 Å². The molecule has 2 N–H and O–H groups in total. The first-order chi connectivity index (χ1) is 9.19. The maximum atomic E-state index is 5.09. The normalized spacial score (nSPS) is 12.2. The summed E-state index contributed by atoms with van der Waals surface area (Å²) in [4.78, 5) is 8.80. The van der Waals surface area contributed by atoms with Crippen LogP contribution in [0.15, 0.2) is 6.07 Å². The SMILES string of the molecule is CCNc1cc(NC(C)CCOC)nc(COC)n1. The van der Waals surface area contributed by atoms with E-state index in [2.05, 4.69) is 27.5 Å². The van der Waals surface area contributed by atoms with Gasteiger partial charge in [0.15, 0.2) is 5.82 Å². The Morgan fingerprint density at radius 1 is 1.21 bits per heavy atom. The first kappa shape index (κ1) is 15.7. The lowest BCUT2D eigenvalue weighted by Crippen LogP contribution is -2.19. The summed E-state index contributed by atoms with van der Waals surface area (Å²) in [5, 5.41) is 6.54. The fraction of sp³-hybridized carbons (Fsp3) is 0.692. The predicted octanol–water partition coefficient (Wildman–Crippen LogP) is 1.89. The number of nitrogens with one attached hydrogen (secondary N) is 2. The highest BCUT2D eigenvalue weighted by Gasteiger charge is 2.07. The van der Waals surface area contributed by atoms with E-state index in [0.29, 0.717) is 18.5 Å². The highest BCUT2D eigenvalue weighted by atomic mass is 16.5. The molecule has 0 radical (unpaired) electrons. The van der Waals surface area contributed by atoms with E-state index in [0.717, 1.165) is 31.2 Å². The van der Waals surface area contributed by atoms with Crippen LogP contribution < -0.4 is 10.6 Å². The fourth-order valence-corrected chi connectivity index (χ4v) is 1.66. The number of nitrogens with zero attached hydrogens (tertiary/aromatic N) is 2. The number of hydrogen-bond acceptors (Lipinski definition) is 6. The van der Waals surface area contributed by atoms with E-state index < -0.39 is 0 Å². The lowest BCUT2D eigenvalue weighted by molar-refractivity contribution is 0.178. The third-order valence-electron chi connectivity index (χ3n) is 2.55. The zero-order valence-corrected chi connectivity index (χ0v) is 12.2. The van der Waals surface area contributed by atoms with E-state index in [1.54, 1.807) is 14.2 Å². The fourth-order valence-electron chi connectivity index (χ4n) is 1.66. The average Bonchev–Trinajstić information content (AvgIpc) is 2.37. The maximum absolute atomic E-state index is 5.09. The van der Waals surface area contributed by atoms with Crippen LogP contribution in [0.2, 0.25) is 0 Å². The van der Waals surface area contributed by atoms with Gasteiger partial charge in [0.05, 0.1) is 0 Å². The van der Waals surface area contributed by atoms with Crippen molar-refractivity contribution in [2.75, 3.05) is 38.0 Å². The van der Waals surface area contributed by atoms with Crippen molar-refractivity contribution in [1.29, 1.82) is 0 Å². The minimum atomic E-state index is 0.291. The molecule has 0 bridgehead atoms. The number of rotatable bonds is 9. The minimum Gasteiger partial charge on any atom is -0.385 e. The molecule has 0 spiro atoms. The second-order valence-corrected chi connectivity index (χ2v) is 4.34. The maximum Gasteiger partial charge on any atom is 0.158 e. The Morgan fingerprint density at radius 3 is 2.58 bits per heavy atom. The molecule has 1 heterocycles. The molecule has 6 heteroatoms. The molecule has 0 saturated heterocycles. The number of anilines is 2. The predicted molar refractivity (Wildman–Crippen MR) is 76.5 cm³/mol. The summed E-state index contributed by atoms with van der Waals surface area (Å²) in [5.41, 5.74) is 0. The molecule has 1 atom stereocenters. The molecule has 1 aromatic rings.